The molecule has 8 rings (SSSR count). The van der Waals surface area contributed by atoms with Gasteiger partial charge < -0.3 is 59.1 Å². The summed E-state index contributed by atoms with van der Waals surface area (Å²) in [7, 11) is -5.04. The summed E-state index contributed by atoms with van der Waals surface area (Å²) in [6.07, 6.45) is -9.75. The number of allylic oxidation sites excluding steroid dienone is 1. The number of esters is 1. The third kappa shape index (κ3) is 6.66. The Morgan fingerprint density at radius 1 is 0.817 bits per heavy atom. The molecule has 8 aliphatic rings. The van der Waals surface area contributed by atoms with Crippen molar-refractivity contribution in [2.45, 2.75) is 197 Å². The average molecular weight is 884 g/mol. The maximum Gasteiger partial charge on any atom is 0.397 e. The molecular weight excluding hydrogens is 819 g/mol. The average Bonchev–Trinajstić information content (AvgIpc) is 3.70. The minimum absolute atomic E-state index is 0. The van der Waals surface area contributed by atoms with Gasteiger partial charge in [0.1, 0.15) is 53.7 Å². The first-order valence-electron chi connectivity index (χ1n) is 21.2. The van der Waals surface area contributed by atoms with Crippen LogP contribution >= 0.6 is 0 Å². The van der Waals surface area contributed by atoms with E-state index >= 15 is 0 Å². The summed E-state index contributed by atoms with van der Waals surface area (Å²) in [5.41, 5.74) is -5.89. The molecule has 19 heteroatoms. The number of fused-ring (bicyclic) bond motifs is 4. The minimum atomic E-state index is -5.04. The Hall–Kier alpha value is -0.360. The molecule has 4 saturated heterocycles. The Kier molecular flexibility index (Phi) is 12.2. The van der Waals surface area contributed by atoms with Crippen LogP contribution in [0, 0.1) is 33.5 Å². The van der Waals surface area contributed by atoms with Crippen LogP contribution in [0.15, 0.2) is 11.6 Å². The fourth-order valence-corrected chi connectivity index (χ4v) is 14.2. The molecule has 1 spiro atoms. The third-order valence-electron chi connectivity index (χ3n) is 16.9. The Labute approximate surface area is 374 Å². The van der Waals surface area contributed by atoms with Crippen LogP contribution in [0.25, 0.3) is 0 Å². The standard InChI is InChI=1S/C41H64O17S.Na/c1-19-27(43)29(45)30(46)32(53-19)55-31-28(44)22(58-59(49,50)51)18-52-33(31)54-25-12-14-37(6)21-17-24(42)41-34(47)57-39(8,26-11-13-35(2,3)56-26)40(41,48)16-15-38(41,7)20(21)9-10-23(37)36(25,4)5;/h17,19-20,22-33,42-46,48H,9-16,18H2,1-8H3,(H,49,50,51);. The van der Waals surface area contributed by atoms with E-state index in [4.69, 9.17) is 28.4 Å². The molecule has 7 fully saturated rings. The van der Waals surface area contributed by atoms with Crippen molar-refractivity contribution in [1.29, 1.82) is 0 Å². The molecular formula is C41H64NaO17S. The Morgan fingerprint density at radius 3 is 2.13 bits per heavy atom. The Bertz CT molecular complexity index is 1830. The van der Waals surface area contributed by atoms with Gasteiger partial charge in [0, 0.05) is 29.6 Å². The number of hydrogen-bond donors (Lipinski definition) is 7. The number of carbonyl (C=O) groups is 1. The summed E-state index contributed by atoms with van der Waals surface area (Å²) in [4.78, 5) is 14.5. The number of hydrogen-bond acceptors (Lipinski definition) is 16. The zero-order valence-electron chi connectivity index (χ0n) is 36.1. The van der Waals surface area contributed by atoms with Gasteiger partial charge in [-0.3, -0.25) is 9.35 Å². The fraction of sp³-hybridized carbons (Fsp3) is 0.927. The van der Waals surface area contributed by atoms with Crippen molar-refractivity contribution in [3.05, 3.63) is 11.6 Å². The van der Waals surface area contributed by atoms with Gasteiger partial charge in [0.15, 0.2) is 18.2 Å². The first-order valence-corrected chi connectivity index (χ1v) is 22.5. The largest absolute Gasteiger partial charge is 0.453 e. The molecule has 337 valence electrons. The normalized spacial score (nSPS) is 53.2. The molecule has 60 heavy (non-hydrogen) atoms. The quantitative estimate of drug-likeness (QED) is 0.0620. The van der Waals surface area contributed by atoms with Gasteiger partial charge in [-0.1, -0.05) is 39.3 Å². The van der Waals surface area contributed by atoms with E-state index in [1.807, 2.05) is 26.8 Å². The van der Waals surface area contributed by atoms with Gasteiger partial charge in [-0.15, -0.1) is 0 Å². The summed E-state index contributed by atoms with van der Waals surface area (Å²) in [5, 5.41) is 68.2. The molecule has 19 atom stereocenters. The van der Waals surface area contributed by atoms with E-state index in [9.17, 15) is 48.4 Å². The van der Waals surface area contributed by atoms with Crippen LogP contribution in [0.3, 0.4) is 0 Å². The fourth-order valence-electron chi connectivity index (χ4n) is 13.7. The van der Waals surface area contributed by atoms with Crippen LogP contribution < -0.4 is 0 Å². The molecule has 4 heterocycles. The SMILES string of the molecule is CC1OC(OC2C(OC3CCC4(C)C5=CC(O)C67C(=O)OC(C)(C8CCC(C)(C)O8)C6(O)CCC7(C)C5CCC4C3(C)C)OCC(OS(=O)(=O)O)C2O)C(O)C(O)C1O.[Na]. The maximum absolute atomic E-state index is 14.5. The van der Waals surface area contributed by atoms with Crippen molar-refractivity contribution >= 4 is 45.9 Å². The molecule has 17 nitrogen and oxygen atoms in total. The van der Waals surface area contributed by atoms with Crippen LogP contribution in [0.1, 0.15) is 107 Å². The van der Waals surface area contributed by atoms with Crippen molar-refractivity contribution in [3.63, 3.8) is 0 Å². The summed E-state index contributed by atoms with van der Waals surface area (Å²) in [6.45, 7) is 15.1. The zero-order chi connectivity index (χ0) is 43.3. The van der Waals surface area contributed by atoms with Crippen LogP contribution in [-0.4, -0.2) is 176 Å². The van der Waals surface area contributed by atoms with Crippen molar-refractivity contribution in [3.8, 4) is 0 Å². The van der Waals surface area contributed by atoms with E-state index < -0.39 is 135 Å². The molecule has 7 N–H and O–H groups in total. The van der Waals surface area contributed by atoms with Gasteiger partial charge in [-0.25, -0.2) is 4.18 Å². The predicted octanol–water partition coefficient (Wildman–Crippen LogP) is 1.05. The van der Waals surface area contributed by atoms with Crippen LogP contribution in [0.2, 0.25) is 0 Å². The Morgan fingerprint density at radius 2 is 1.50 bits per heavy atom. The van der Waals surface area contributed by atoms with E-state index in [-0.39, 0.29) is 47.8 Å². The van der Waals surface area contributed by atoms with Gasteiger partial charge in [-0.05, 0) is 107 Å². The van der Waals surface area contributed by atoms with Crippen LogP contribution in [0.4, 0.5) is 0 Å². The van der Waals surface area contributed by atoms with Crippen molar-refractivity contribution in [2.24, 2.45) is 33.5 Å². The molecule has 19 unspecified atom stereocenters. The van der Waals surface area contributed by atoms with E-state index in [1.54, 1.807) is 6.92 Å². The van der Waals surface area contributed by atoms with Crippen molar-refractivity contribution in [2.75, 3.05) is 6.61 Å². The summed E-state index contributed by atoms with van der Waals surface area (Å²) >= 11 is 0. The van der Waals surface area contributed by atoms with Crippen LogP contribution in [-0.2, 0) is 47.8 Å². The topological polar surface area (TPSA) is 257 Å². The molecule has 0 aromatic carbocycles. The Balaban J connectivity index is 0.00000544. The zero-order valence-corrected chi connectivity index (χ0v) is 39.0. The van der Waals surface area contributed by atoms with Gasteiger partial charge in [0.25, 0.3) is 0 Å². The molecule has 0 aromatic heterocycles. The smallest absolute Gasteiger partial charge is 0.397 e. The first kappa shape index (κ1) is 47.6. The van der Waals surface area contributed by atoms with Gasteiger partial charge >= 0.3 is 16.4 Å². The number of carbonyl (C=O) groups excluding carboxylic acids is 1. The molecule has 0 aromatic rings. The maximum atomic E-state index is 14.5. The molecule has 0 amide bonds. The number of aliphatic hydroxyl groups excluding tert-OH is 5. The molecule has 0 bridgehead atoms. The summed E-state index contributed by atoms with van der Waals surface area (Å²) < 4.78 is 74.3. The monoisotopic (exact) mass is 883 g/mol. The molecule has 1 radical (unpaired) electrons. The number of rotatable bonds is 7. The first-order chi connectivity index (χ1) is 27.2. The second-order valence-electron chi connectivity index (χ2n) is 20.7. The van der Waals surface area contributed by atoms with Gasteiger partial charge in [-0.2, -0.15) is 8.42 Å². The predicted molar refractivity (Wildman–Crippen MR) is 209 cm³/mol. The number of aliphatic hydroxyl groups is 6. The second kappa shape index (κ2) is 15.4. The number of cyclic esters (lactones) is 1. The van der Waals surface area contributed by atoms with Gasteiger partial charge in [0.05, 0.1) is 30.5 Å². The van der Waals surface area contributed by atoms with E-state index in [0.29, 0.717) is 32.1 Å². The van der Waals surface area contributed by atoms with E-state index in [1.165, 1.54) is 6.92 Å². The van der Waals surface area contributed by atoms with Crippen molar-refractivity contribution < 1.29 is 81.0 Å². The van der Waals surface area contributed by atoms with Crippen molar-refractivity contribution in [1.82, 2.24) is 0 Å². The van der Waals surface area contributed by atoms with E-state index in [0.717, 1.165) is 18.4 Å². The number of ether oxygens (including phenoxy) is 6. The van der Waals surface area contributed by atoms with E-state index in [2.05, 4.69) is 25.0 Å². The third-order valence-corrected chi connectivity index (χ3v) is 17.4. The summed E-state index contributed by atoms with van der Waals surface area (Å²) in [6, 6.07) is 0. The molecule has 4 aliphatic carbocycles. The molecule has 3 saturated carbocycles. The summed E-state index contributed by atoms with van der Waals surface area (Å²) in [5.74, 6) is -0.746. The van der Waals surface area contributed by atoms with Crippen LogP contribution in [0.5, 0.6) is 0 Å². The minimum Gasteiger partial charge on any atom is -0.453 e. The second-order valence-corrected chi connectivity index (χ2v) is 21.7. The van der Waals surface area contributed by atoms with Gasteiger partial charge in [0.2, 0.25) is 0 Å². The molecule has 4 aliphatic heterocycles.